The van der Waals surface area contributed by atoms with Gasteiger partial charge in [-0.05, 0) is 31.2 Å². The highest BCUT2D eigenvalue weighted by atomic mass is 16.3. The molecule has 0 unspecified atom stereocenters. The number of rotatable bonds is 3. The van der Waals surface area contributed by atoms with E-state index < -0.39 is 0 Å². The minimum Gasteiger partial charge on any atom is -0.501 e. The smallest absolute Gasteiger partial charge is 0.166 e. The predicted octanol–water partition coefficient (Wildman–Crippen LogP) is 2.04. The fourth-order valence-corrected chi connectivity index (χ4v) is 0.509. The zero-order chi connectivity index (χ0) is 9.56. The first kappa shape index (κ1) is 10.4. The van der Waals surface area contributed by atoms with Crippen LogP contribution >= 0.6 is 0 Å². The SMILES string of the molecule is C#C/C(O)=C/C=C(\C)N(C)C=C. The topological polar surface area (TPSA) is 23.5 Å². The van der Waals surface area contributed by atoms with Crippen molar-refractivity contribution in [3.63, 3.8) is 0 Å². The molecule has 1 N–H and O–H groups in total. The van der Waals surface area contributed by atoms with Crippen LogP contribution in [0.1, 0.15) is 6.92 Å². The van der Waals surface area contributed by atoms with Crippen molar-refractivity contribution in [3.8, 4) is 12.3 Å². The Morgan fingerprint density at radius 3 is 2.58 bits per heavy atom. The largest absolute Gasteiger partial charge is 0.501 e. The van der Waals surface area contributed by atoms with E-state index in [0.717, 1.165) is 5.70 Å². The van der Waals surface area contributed by atoms with Gasteiger partial charge < -0.3 is 10.0 Å². The highest BCUT2D eigenvalue weighted by molar-refractivity contribution is 5.24. The summed E-state index contributed by atoms with van der Waals surface area (Å²) in [6, 6.07) is 0. The molecule has 0 aromatic rings. The summed E-state index contributed by atoms with van der Waals surface area (Å²) in [6.07, 6.45) is 9.80. The first-order valence-electron chi connectivity index (χ1n) is 3.51. The zero-order valence-electron chi connectivity index (χ0n) is 7.41. The number of aliphatic hydroxyl groups excluding tert-OH is 1. The van der Waals surface area contributed by atoms with Crippen LogP contribution in [0.5, 0.6) is 0 Å². The third-order valence-electron chi connectivity index (χ3n) is 1.46. The quantitative estimate of drug-likeness (QED) is 0.391. The van der Waals surface area contributed by atoms with Crippen molar-refractivity contribution in [2.75, 3.05) is 7.05 Å². The van der Waals surface area contributed by atoms with Gasteiger partial charge in [0.05, 0.1) is 0 Å². The van der Waals surface area contributed by atoms with Gasteiger partial charge in [0.1, 0.15) is 0 Å². The van der Waals surface area contributed by atoms with E-state index in [1.54, 1.807) is 12.3 Å². The maximum atomic E-state index is 8.90. The highest BCUT2D eigenvalue weighted by Gasteiger charge is 1.90. The summed E-state index contributed by atoms with van der Waals surface area (Å²) in [5.41, 5.74) is 0.951. The Morgan fingerprint density at radius 2 is 2.17 bits per heavy atom. The highest BCUT2D eigenvalue weighted by Crippen LogP contribution is 2.00. The number of hydrogen-bond acceptors (Lipinski definition) is 2. The van der Waals surface area contributed by atoms with Gasteiger partial charge in [-0.25, -0.2) is 0 Å². The van der Waals surface area contributed by atoms with Gasteiger partial charge in [-0.15, -0.1) is 6.42 Å². The lowest BCUT2D eigenvalue weighted by Gasteiger charge is -2.12. The van der Waals surface area contributed by atoms with Crippen molar-refractivity contribution in [3.05, 3.63) is 36.4 Å². The number of terminal acetylenes is 1. The van der Waals surface area contributed by atoms with Crippen LogP contribution in [0.4, 0.5) is 0 Å². The summed E-state index contributed by atoms with van der Waals surface area (Å²) in [7, 11) is 1.86. The van der Waals surface area contributed by atoms with E-state index in [1.165, 1.54) is 6.08 Å². The van der Waals surface area contributed by atoms with Gasteiger partial charge in [0, 0.05) is 12.7 Å². The first-order chi connectivity index (χ1) is 5.61. The maximum absolute atomic E-state index is 8.90. The molecule has 0 heterocycles. The summed E-state index contributed by atoms with van der Waals surface area (Å²) in [6.45, 7) is 5.48. The molecule has 0 aromatic carbocycles. The van der Waals surface area contributed by atoms with Gasteiger partial charge >= 0.3 is 0 Å². The molecule has 0 atom stereocenters. The molecule has 0 aromatic heterocycles. The molecule has 12 heavy (non-hydrogen) atoms. The van der Waals surface area contributed by atoms with E-state index in [1.807, 2.05) is 18.9 Å². The van der Waals surface area contributed by atoms with Gasteiger partial charge in [0.2, 0.25) is 0 Å². The molecule has 0 fully saturated rings. The van der Waals surface area contributed by atoms with E-state index in [4.69, 9.17) is 11.5 Å². The maximum Gasteiger partial charge on any atom is 0.166 e. The van der Waals surface area contributed by atoms with Gasteiger partial charge in [0.15, 0.2) is 5.76 Å². The Morgan fingerprint density at radius 1 is 1.58 bits per heavy atom. The van der Waals surface area contributed by atoms with Gasteiger partial charge in [0.25, 0.3) is 0 Å². The van der Waals surface area contributed by atoms with E-state index in [0.29, 0.717) is 0 Å². The molecule has 0 aliphatic heterocycles. The molecular formula is C10H13NO. The lowest BCUT2D eigenvalue weighted by Crippen LogP contribution is -2.05. The summed E-state index contributed by atoms with van der Waals surface area (Å²) in [4.78, 5) is 1.82. The van der Waals surface area contributed by atoms with Gasteiger partial charge in [-0.2, -0.15) is 0 Å². The second-order valence-corrected chi connectivity index (χ2v) is 2.30. The van der Waals surface area contributed by atoms with E-state index >= 15 is 0 Å². The summed E-state index contributed by atoms with van der Waals surface area (Å²) in [5.74, 6) is 2.03. The number of hydrogen-bond donors (Lipinski definition) is 1. The summed E-state index contributed by atoms with van der Waals surface area (Å²) >= 11 is 0. The van der Waals surface area contributed by atoms with E-state index in [-0.39, 0.29) is 5.76 Å². The molecule has 0 saturated carbocycles. The summed E-state index contributed by atoms with van der Waals surface area (Å²) in [5, 5.41) is 8.90. The van der Waals surface area contributed by atoms with E-state index in [9.17, 15) is 0 Å². The Labute approximate surface area is 73.5 Å². The third kappa shape index (κ3) is 3.52. The Bertz CT molecular complexity index is 256. The average Bonchev–Trinajstić information content (AvgIpc) is 2.11. The van der Waals surface area contributed by atoms with Crippen LogP contribution in [-0.4, -0.2) is 17.1 Å². The predicted molar refractivity (Wildman–Crippen MR) is 51.3 cm³/mol. The minimum atomic E-state index is -0.0770. The fraction of sp³-hybridized carbons (Fsp3) is 0.200. The zero-order valence-corrected chi connectivity index (χ0v) is 7.41. The molecule has 0 rings (SSSR count). The summed E-state index contributed by atoms with van der Waals surface area (Å²) < 4.78 is 0. The molecule has 0 aliphatic rings. The van der Waals surface area contributed by atoms with Crippen molar-refractivity contribution in [1.82, 2.24) is 4.90 Å². The van der Waals surface area contributed by atoms with Crippen LogP contribution in [0.25, 0.3) is 0 Å². The Hall–Kier alpha value is -1.62. The first-order valence-corrected chi connectivity index (χ1v) is 3.51. The number of allylic oxidation sites excluding steroid dienone is 4. The lowest BCUT2D eigenvalue weighted by atomic mass is 10.3. The molecule has 0 spiro atoms. The van der Waals surface area contributed by atoms with Crippen molar-refractivity contribution in [1.29, 1.82) is 0 Å². The van der Waals surface area contributed by atoms with Crippen LogP contribution < -0.4 is 0 Å². The number of nitrogens with zero attached hydrogens (tertiary/aromatic N) is 1. The Kier molecular flexibility index (Phi) is 4.40. The minimum absolute atomic E-state index is 0.0770. The van der Waals surface area contributed by atoms with Crippen LogP contribution in [0, 0.1) is 12.3 Å². The number of aliphatic hydroxyl groups is 1. The molecule has 0 bridgehead atoms. The Balaban J connectivity index is 4.39. The van der Waals surface area contributed by atoms with Crippen molar-refractivity contribution < 1.29 is 5.11 Å². The second kappa shape index (κ2) is 5.09. The van der Waals surface area contributed by atoms with Crippen molar-refractivity contribution in [2.45, 2.75) is 6.92 Å². The fourth-order valence-electron chi connectivity index (χ4n) is 0.509. The lowest BCUT2D eigenvalue weighted by molar-refractivity contribution is 0.438. The van der Waals surface area contributed by atoms with Gasteiger partial charge in [-0.3, -0.25) is 0 Å². The third-order valence-corrected chi connectivity index (χ3v) is 1.46. The van der Waals surface area contributed by atoms with Crippen molar-refractivity contribution >= 4 is 0 Å². The molecule has 0 amide bonds. The molecule has 2 heteroatoms. The molecule has 0 radical (unpaired) electrons. The standard InChI is InChI=1S/C10H13NO/c1-5-10(12)8-7-9(3)11(4)6-2/h1,6-8,12H,2H2,3-4H3/b9-7+,10-8-. The second-order valence-electron chi connectivity index (χ2n) is 2.30. The molecule has 0 aliphatic carbocycles. The molecule has 64 valence electrons. The van der Waals surface area contributed by atoms with Crippen molar-refractivity contribution in [2.24, 2.45) is 0 Å². The normalized spacial score (nSPS) is 12.1. The van der Waals surface area contributed by atoms with Crippen LogP contribution in [0.3, 0.4) is 0 Å². The van der Waals surface area contributed by atoms with Gasteiger partial charge in [-0.1, -0.05) is 6.58 Å². The van der Waals surface area contributed by atoms with E-state index in [2.05, 4.69) is 12.5 Å². The monoisotopic (exact) mass is 163 g/mol. The molecular weight excluding hydrogens is 150 g/mol. The van der Waals surface area contributed by atoms with Crippen LogP contribution in [0.15, 0.2) is 36.4 Å². The van der Waals surface area contributed by atoms with Crippen LogP contribution in [0.2, 0.25) is 0 Å². The molecule has 0 saturated heterocycles. The van der Waals surface area contributed by atoms with Crippen LogP contribution in [-0.2, 0) is 0 Å². The molecule has 2 nitrogen and oxygen atoms in total. The average molecular weight is 163 g/mol.